The minimum Gasteiger partial charge on any atom is -0.296 e. The summed E-state index contributed by atoms with van der Waals surface area (Å²) in [5.74, 6) is 0.953. The summed E-state index contributed by atoms with van der Waals surface area (Å²) >= 11 is 0. The minimum absolute atomic E-state index is 0.279. The van der Waals surface area contributed by atoms with Gasteiger partial charge in [-0.15, -0.1) is 0 Å². The Morgan fingerprint density at radius 1 is 1.33 bits per heavy atom. The van der Waals surface area contributed by atoms with Gasteiger partial charge in [-0.2, -0.15) is 0 Å². The van der Waals surface area contributed by atoms with Gasteiger partial charge in [-0.05, 0) is 32.3 Å². The molecule has 5 nitrogen and oxygen atoms in total. The van der Waals surface area contributed by atoms with E-state index in [1.54, 1.807) is 0 Å². The third-order valence-corrected chi connectivity index (χ3v) is 3.40. The first-order valence-corrected chi connectivity index (χ1v) is 6.14. The SMILES string of the molecule is CNN1CCC(NC)(NC)C1=Nc1c[c]ccc1. The molecule has 18 heavy (non-hydrogen) atoms. The molecule has 5 heteroatoms. The monoisotopic (exact) mass is 246 g/mol. The standard InChI is InChI=1S/C13H20N5/c1-14-13(15-2)9-10-18(16-3)12(13)17-11-7-5-4-6-8-11/h4-5,7-8,14-16H,9-10H2,1-3H3. The van der Waals surface area contributed by atoms with Crippen LogP contribution in [0.4, 0.5) is 5.69 Å². The van der Waals surface area contributed by atoms with Crippen molar-refractivity contribution in [2.24, 2.45) is 4.99 Å². The Kier molecular flexibility index (Phi) is 3.96. The van der Waals surface area contributed by atoms with E-state index < -0.39 is 0 Å². The first-order chi connectivity index (χ1) is 8.75. The van der Waals surface area contributed by atoms with Gasteiger partial charge in [0, 0.05) is 20.0 Å². The van der Waals surface area contributed by atoms with E-state index in [0.717, 1.165) is 24.5 Å². The van der Waals surface area contributed by atoms with Gasteiger partial charge in [0.15, 0.2) is 5.84 Å². The zero-order valence-electron chi connectivity index (χ0n) is 11.1. The number of benzene rings is 1. The molecule has 1 saturated heterocycles. The van der Waals surface area contributed by atoms with Gasteiger partial charge in [0.05, 0.1) is 5.69 Å². The van der Waals surface area contributed by atoms with Gasteiger partial charge >= 0.3 is 0 Å². The molecule has 0 amide bonds. The lowest BCUT2D eigenvalue weighted by molar-refractivity contribution is 0.367. The zero-order valence-corrected chi connectivity index (χ0v) is 11.1. The van der Waals surface area contributed by atoms with E-state index in [4.69, 9.17) is 4.99 Å². The van der Waals surface area contributed by atoms with Crippen molar-refractivity contribution in [2.45, 2.75) is 12.1 Å². The van der Waals surface area contributed by atoms with Crippen LogP contribution in [0.25, 0.3) is 0 Å². The van der Waals surface area contributed by atoms with Crippen molar-refractivity contribution in [3.8, 4) is 0 Å². The van der Waals surface area contributed by atoms with Gasteiger partial charge in [-0.25, -0.2) is 10.4 Å². The molecule has 1 aromatic rings. The number of hydrogen-bond donors (Lipinski definition) is 3. The van der Waals surface area contributed by atoms with Gasteiger partial charge in [0.25, 0.3) is 0 Å². The molecule has 97 valence electrons. The van der Waals surface area contributed by atoms with Crippen LogP contribution in [-0.2, 0) is 0 Å². The van der Waals surface area contributed by atoms with E-state index in [-0.39, 0.29) is 5.66 Å². The molecular weight excluding hydrogens is 226 g/mol. The second kappa shape index (κ2) is 5.48. The third-order valence-electron chi connectivity index (χ3n) is 3.40. The summed E-state index contributed by atoms with van der Waals surface area (Å²) < 4.78 is 0. The number of amidine groups is 1. The normalized spacial score (nSPS) is 20.6. The number of rotatable bonds is 4. The van der Waals surface area contributed by atoms with Crippen LogP contribution in [0.1, 0.15) is 6.42 Å². The molecule has 1 aliphatic rings. The van der Waals surface area contributed by atoms with Crippen molar-refractivity contribution in [1.82, 2.24) is 21.1 Å². The Balaban J connectivity index is 2.39. The van der Waals surface area contributed by atoms with Crippen LogP contribution in [0.15, 0.2) is 29.3 Å². The van der Waals surface area contributed by atoms with Crippen molar-refractivity contribution in [2.75, 3.05) is 27.7 Å². The van der Waals surface area contributed by atoms with Crippen LogP contribution >= 0.6 is 0 Å². The Hall–Kier alpha value is -1.43. The Morgan fingerprint density at radius 3 is 2.67 bits per heavy atom. The number of hydrogen-bond acceptors (Lipinski definition) is 4. The Bertz CT molecular complexity index is 411. The highest BCUT2D eigenvalue weighted by Crippen LogP contribution is 2.23. The molecule has 0 atom stereocenters. The number of nitrogens with one attached hydrogen (secondary N) is 3. The molecule has 0 aromatic heterocycles. The summed E-state index contributed by atoms with van der Waals surface area (Å²) in [5.41, 5.74) is 3.80. The maximum absolute atomic E-state index is 4.73. The molecule has 1 aromatic carbocycles. The van der Waals surface area contributed by atoms with E-state index in [9.17, 15) is 0 Å². The molecule has 1 fully saturated rings. The van der Waals surface area contributed by atoms with Crippen molar-refractivity contribution in [1.29, 1.82) is 0 Å². The number of nitrogens with zero attached hydrogens (tertiary/aromatic N) is 2. The van der Waals surface area contributed by atoms with E-state index in [1.807, 2.05) is 45.4 Å². The average Bonchev–Trinajstić information content (AvgIpc) is 2.78. The van der Waals surface area contributed by atoms with Gasteiger partial charge in [-0.1, -0.05) is 12.1 Å². The van der Waals surface area contributed by atoms with E-state index >= 15 is 0 Å². The summed E-state index contributed by atoms with van der Waals surface area (Å²) in [6.45, 7) is 0.910. The van der Waals surface area contributed by atoms with Crippen molar-refractivity contribution >= 4 is 11.5 Å². The molecule has 1 heterocycles. The quantitative estimate of drug-likeness (QED) is 0.677. The molecule has 3 N–H and O–H groups in total. The first-order valence-electron chi connectivity index (χ1n) is 6.14. The molecule has 0 unspecified atom stereocenters. The zero-order chi connectivity index (χ0) is 13.0. The lowest BCUT2D eigenvalue weighted by Gasteiger charge is -2.30. The predicted octanol–water partition coefficient (Wildman–Crippen LogP) is 0.492. The molecular formula is C13H20N5. The fraction of sp³-hybridized carbons (Fsp3) is 0.462. The third kappa shape index (κ3) is 2.25. The van der Waals surface area contributed by atoms with Crippen LogP contribution in [0.3, 0.4) is 0 Å². The van der Waals surface area contributed by atoms with Crippen LogP contribution in [-0.4, -0.2) is 44.2 Å². The van der Waals surface area contributed by atoms with E-state index in [1.165, 1.54) is 0 Å². The predicted molar refractivity (Wildman–Crippen MR) is 73.6 cm³/mol. The fourth-order valence-electron chi connectivity index (χ4n) is 2.28. The number of aliphatic imine (C=N–C) groups is 1. The summed E-state index contributed by atoms with van der Waals surface area (Å²) in [6, 6.07) is 10.7. The lowest BCUT2D eigenvalue weighted by Crippen LogP contribution is -2.60. The van der Waals surface area contributed by atoms with Gasteiger partial charge in [-0.3, -0.25) is 15.6 Å². The molecule has 0 saturated carbocycles. The van der Waals surface area contributed by atoms with Crippen molar-refractivity contribution < 1.29 is 0 Å². The number of hydrazine groups is 1. The highest BCUT2D eigenvalue weighted by Gasteiger charge is 2.42. The average molecular weight is 246 g/mol. The van der Waals surface area contributed by atoms with Crippen LogP contribution in [0, 0.1) is 6.07 Å². The smallest absolute Gasteiger partial charge is 0.154 e. The highest BCUT2D eigenvalue weighted by molar-refractivity contribution is 5.94. The second-order valence-corrected chi connectivity index (χ2v) is 4.23. The van der Waals surface area contributed by atoms with Crippen molar-refractivity contribution in [3.63, 3.8) is 0 Å². The van der Waals surface area contributed by atoms with Crippen LogP contribution in [0.2, 0.25) is 0 Å². The van der Waals surface area contributed by atoms with Crippen molar-refractivity contribution in [3.05, 3.63) is 30.3 Å². The van der Waals surface area contributed by atoms with Gasteiger partial charge in [0.2, 0.25) is 0 Å². The molecule has 0 spiro atoms. The fourth-order valence-corrected chi connectivity index (χ4v) is 2.28. The Labute approximate surface area is 108 Å². The van der Waals surface area contributed by atoms with Crippen LogP contribution < -0.4 is 16.1 Å². The summed E-state index contributed by atoms with van der Waals surface area (Å²) in [5, 5.41) is 8.71. The minimum atomic E-state index is -0.279. The van der Waals surface area contributed by atoms with Crippen LogP contribution in [0.5, 0.6) is 0 Å². The molecule has 1 radical (unpaired) electrons. The molecule has 0 bridgehead atoms. The topological polar surface area (TPSA) is 51.7 Å². The summed E-state index contributed by atoms with van der Waals surface area (Å²) in [6.07, 6.45) is 0.955. The lowest BCUT2D eigenvalue weighted by atomic mass is 10.1. The van der Waals surface area contributed by atoms with Gasteiger partial charge < -0.3 is 0 Å². The molecule has 2 rings (SSSR count). The first kappa shape index (κ1) is 13.0. The number of likely N-dealkylation sites (N-methyl/N-ethyl adjacent to an activating group) is 2. The summed E-state index contributed by atoms with van der Waals surface area (Å²) in [4.78, 5) is 4.73. The largest absolute Gasteiger partial charge is 0.296 e. The second-order valence-electron chi connectivity index (χ2n) is 4.23. The molecule has 0 aliphatic carbocycles. The highest BCUT2D eigenvalue weighted by atomic mass is 15.6. The van der Waals surface area contributed by atoms with E-state index in [0.29, 0.717) is 0 Å². The maximum Gasteiger partial charge on any atom is 0.154 e. The van der Waals surface area contributed by atoms with Gasteiger partial charge in [0.1, 0.15) is 5.66 Å². The Morgan fingerprint density at radius 2 is 2.11 bits per heavy atom. The summed E-state index contributed by atoms with van der Waals surface area (Å²) in [7, 11) is 5.80. The van der Waals surface area contributed by atoms with E-state index in [2.05, 4.69) is 27.1 Å². The molecule has 1 aliphatic heterocycles. The maximum atomic E-state index is 4.73.